The van der Waals surface area contributed by atoms with Gasteiger partial charge in [0.15, 0.2) is 0 Å². The first-order chi connectivity index (χ1) is 14.5. The SMILES string of the molecule is COCCNC(=O)[C@@H]1C[C@@H](NCc2cc(C)ccc2C)CN1Cc1ccccc1Cl. The van der Waals surface area contributed by atoms with Gasteiger partial charge in [0.1, 0.15) is 0 Å². The molecule has 2 aromatic carbocycles. The predicted molar refractivity (Wildman–Crippen MR) is 122 cm³/mol. The smallest absolute Gasteiger partial charge is 0.237 e. The largest absolute Gasteiger partial charge is 0.383 e. The van der Waals surface area contributed by atoms with E-state index in [9.17, 15) is 4.79 Å². The van der Waals surface area contributed by atoms with Crippen LogP contribution in [-0.2, 0) is 22.6 Å². The molecule has 0 radical (unpaired) electrons. The zero-order valence-corrected chi connectivity index (χ0v) is 18.8. The van der Waals surface area contributed by atoms with Gasteiger partial charge in [-0.15, -0.1) is 0 Å². The Kier molecular flexibility index (Phi) is 8.28. The van der Waals surface area contributed by atoms with Crippen LogP contribution in [0.15, 0.2) is 42.5 Å². The Balaban J connectivity index is 1.68. The molecule has 2 N–H and O–H groups in total. The molecule has 30 heavy (non-hydrogen) atoms. The number of nitrogens with zero attached hydrogens (tertiary/aromatic N) is 1. The molecular formula is C24H32ClN3O2. The minimum absolute atomic E-state index is 0.0511. The molecule has 1 saturated heterocycles. The molecule has 0 unspecified atom stereocenters. The van der Waals surface area contributed by atoms with Gasteiger partial charge in [-0.1, -0.05) is 53.6 Å². The van der Waals surface area contributed by atoms with Gasteiger partial charge in [-0.3, -0.25) is 9.69 Å². The van der Waals surface area contributed by atoms with Crippen LogP contribution in [0, 0.1) is 13.8 Å². The van der Waals surface area contributed by atoms with Crippen molar-refractivity contribution in [3.05, 3.63) is 69.7 Å². The van der Waals surface area contributed by atoms with Crippen molar-refractivity contribution in [2.45, 2.75) is 45.4 Å². The quantitative estimate of drug-likeness (QED) is 0.599. The number of methoxy groups -OCH3 is 1. The van der Waals surface area contributed by atoms with E-state index in [0.717, 1.165) is 30.1 Å². The molecule has 5 nitrogen and oxygen atoms in total. The van der Waals surface area contributed by atoms with Crippen LogP contribution in [-0.4, -0.2) is 49.7 Å². The zero-order valence-electron chi connectivity index (χ0n) is 18.1. The summed E-state index contributed by atoms with van der Waals surface area (Å²) in [6.45, 7) is 7.55. The summed E-state index contributed by atoms with van der Waals surface area (Å²) >= 11 is 6.38. The average Bonchev–Trinajstić information content (AvgIpc) is 3.13. The second-order valence-corrected chi connectivity index (χ2v) is 8.47. The molecular weight excluding hydrogens is 398 g/mol. The number of likely N-dealkylation sites (tertiary alicyclic amines) is 1. The lowest BCUT2D eigenvalue weighted by molar-refractivity contribution is -0.125. The number of benzene rings is 2. The molecule has 1 fully saturated rings. The second-order valence-electron chi connectivity index (χ2n) is 8.06. The van der Waals surface area contributed by atoms with Gasteiger partial charge in [-0.25, -0.2) is 0 Å². The van der Waals surface area contributed by atoms with Crippen LogP contribution >= 0.6 is 11.6 Å². The van der Waals surface area contributed by atoms with E-state index in [1.807, 2.05) is 24.3 Å². The molecule has 0 bridgehead atoms. The van der Waals surface area contributed by atoms with Gasteiger partial charge >= 0.3 is 0 Å². The molecule has 6 heteroatoms. The summed E-state index contributed by atoms with van der Waals surface area (Å²) in [5, 5.41) is 7.41. The Labute approximate surface area is 184 Å². The first-order valence-electron chi connectivity index (χ1n) is 10.5. The van der Waals surface area contributed by atoms with Gasteiger partial charge in [-0.05, 0) is 43.0 Å². The van der Waals surface area contributed by atoms with E-state index in [-0.39, 0.29) is 18.0 Å². The Bertz CT molecular complexity index is 858. The number of amides is 1. The van der Waals surface area contributed by atoms with Crippen LogP contribution < -0.4 is 10.6 Å². The maximum atomic E-state index is 12.9. The average molecular weight is 430 g/mol. The summed E-state index contributed by atoms with van der Waals surface area (Å²) < 4.78 is 5.06. The summed E-state index contributed by atoms with van der Waals surface area (Å²) in [5.74, 6) is 0.0511. The van der Waals surface area contributed by atoms with E-state index in [1.165, 1.54) is 16.7 Å². The highest BCUT2D eigenvalue weighted by molar-refractivity contribution is 6.31. The molecule has 162 valence electrons. The van der Waals surface area contributed by atoms with Crippen molar-refractivity contribution >= 4 is 17.5 Å². The third-order valence-corrected chi connectivity index (χ3v) is 6.10. The summed E-state index contributed by atoms with van der Waals surface area (Å²) in [5.41, 5.74) is 4.90. The molecule has 0 aliphatic carbocycles. The van der Waals surface area contributed by atoms with E-state index < -0.39 is 0 Å². The van der Waals surface area contributed by atoms with Crippen LogP contribution in [0.4, 0.5) is 0 Å². The van der Waals surface area contributed by atoms with Crippen LogP contribution in [0.1, 0.15) is 28.7 Å². The third kappa shape index (κ3) is 6.05. The van der Waals surface area contributed by atoms with Crippen LogP contribution in [0.5, 0.6) is 0 Å². The van der Waals surface area contributed by atoms with Gasteiger partial charge in [0.05, 0.1) is 12.6 Å². The van der Waals surface area contributed by atoms with Crippen molar-refractivity contribution in [2.75, 3.05) is 26.8 Å². The topological polar surface area (TPSA) is 53.6 Å². The first kappa shape index (κ1) is 22.8. The number of hydrogen-bond acceptors (Lipinski definition) is 4. The lowest BCUT2D eigenvalue weighted by Gasteiger charge is -2.24. The van der Waals surface area contributed by atoms with E-state index in [0.29, 0.717) is 19.7 Å². The molecule has 2 aromatic rings. The number of carbonyl (C=O) groups excluding carboxylic acids is 1. The summed E-state index contributed by atoms with van der Waals surface area (Å²) in [7, 11) is 1.64. The molecule has 3 rings (SSSR count). The Morgan fingerprint density at radius 3 is 2.77 bits per heavy atom. The molecule has 1 heterocycles. The Hall–Kier alpha value is -1.92. The standard InChI is InChI=1S/C24H32ClN3O2/c1-17-8-9-18(2)20(12-17)14-27-21-13-23(24(29)26-10-11-30-3)28(16-21)15-19-6-4-5-7-22(19)25/h4-9,12,21,23,27H,10-11,13-16H2,1-3H3,(H,26,29)/t21-,23+/m1/s1. The predicted octanol–water partition coefficient (Wildman–Crippen LogP) is 3.45. The number of halogens is 1. The number of rotatable bonds is 9. The first-order valence-corrected chi connectivity index (χ1v) is 10.9. The monoisotopic (exact) mass is 429 g/mol. The van der Waals surface area contributed by atoms with Crippen LogP contribution in [0.2, 0.25) is 5.02 Å². The second kappa shape index (κ2) is 10.9. The molecule has 2 atom stereocenters. The van der Waals surface area contributed by atoms with E-state index in [1.54, 1.807) is 7.11 Å². The Morgan fingerprint density at radius 2 is 2.00 bits per heavy atom. The normalized spacial score (nSPS) is 19.2. The lowest BCUT2D eigenvalue weighted by atomic mass is 10.0. The minimum atomic E-state index is -0.186. The number of carbonyl (C=O) groups is 1. The van der Waals surface area contributed by atoms with E-state index in [4.69, 9.17) is 16.3 Å². The van der Waals surface area contributed by atoms with Crippen molar-refractivity contribution in [3.63, 3.8) is 0 Å². The Morgan fingerprint density at radius 1 is 1.20 bits per heavy atom. The van der Waals surface area contributed by atoms with Crippen LogP contribution in [0.3, 0.4) is 0 Å². The maximum Gasteiger partial charge on any atom is 0.237 e. The fraction of sp³-hybridized carbons (Fsp3) is 0.458. The van der Waals surface area contributed by atoms with Gasteiger partial charge in [0, 0.05) is 44.4 Å². The molecule has 1 amide bonds. The van der Waals surface area contributed by atoms with E-state index >= 15 is 0 Å². The number of hydrogen-bond donors (Lipinski definition) is 2. The van der Waals surface area contributed by atoms with E-state index in [2.05, 4.69) is 47.6 Å². The highest BCUT2D eigenvalue weighted by atomic mass is 35.5. The fourth-order valence-corrected chi connectivity index (χ4v) is 4.18. The van der Waals surface area contributed by atoms with Crippen LogP contribution in [0.25, 0.3) is 0 Å². The maximum absolute atomic E-state index is 12.9. The summed E-state index contributed by atoms with van der Waals surface area (Å²) in [4.78, 5) is 15.1. The molecule has 0 saturated carbocycles. The lowest BCUT2D eigenvalue weighted by Crippen LogP contribution is -2.43. The highest BCUT2D eigenvalue weighted by Crippen LogP contribution is 2.25. The molecule has 1 aliphatic rings. The third-order valence-electron chi connectivity index (χ3n) is 5.73. The molecule has 0 spiro atoms. The summed E-state index contributed by atoms with van der Waals surface area (Å²) in [6.07, 6.45) is 0.772. The van der Waals surface area contributed by atoms with Crippen molar-refractivity contribution in [1.29, 1.82) is 0 Å². The molecule has 1 aliphatic heterocycles. The van der Waals surface area contributed by atoms with Gasteiger partial charge in [0.2, 0.25) is 5.91 Å². The van der Waals surface area contributed by atoms with Crippen molar-refractivity contribution in [1.82, 2.24) is 15.5 Å². The number of nitrogens with one attached hydrogen (secondary N) is 2. The zero-order chi connectivity index (χ0) is 21.5. The van der Waals surface area contributed by atoms with Crippen molar-refractivity contribution in [2.24, 2.45) is 0 Å². The van der Waals surface area contributed by atoms with Gasteiger partial charge in [0.25, 0.3) is 0 Å². The van der Waals surface area contributed by atoms with Crippen molar-refractivity contribution in [3.8, 4) is 0 Å². The van der Waals surface area contributed by atoms with Crippen molar-refractivity contribution < 1.29 is 9.53 Å². The fourth-order valence-electron chi connectivity index (χ4n) is 3.98. The molecule has 0 aromatic heterocycles. The van der Waals surface area contributed by atoms with Gasteiger partial charge < -0.3 is 15.4 Å². The van der Waals surface area contributed by atoms with Gasteiger partial charge in [-0.2, -0.15) is 0 Å². The number of aryl methyl sites for hydroxylation is 2. The highest BCUT2D eigenvalue weighted by Gasteiger charge is 2.36. The minimum Gasteiger partial charge on any atom is -0.383 e. The summed E-state index contributed by atoms with van der Waals surface area (Å²) in [6, 6.07) is 14.4. The number of ether oxygens (including phenoxy) is 1.